The predicted molar refractivity (Wildman–Crippen MR) is 126 cm³/mol. The van der Waals surface area contributed by atoms with Crippen LogP contribution in [0.1, 0.15) is 35.2 Å². The number of hydrogen-bond acceptors (Lipinski definition) is 5. The Morgan fingerprint density at radius 1 is 1.15 bits per heavy atom. The van der Waals surface area contributed by atoms with E-state index in [4.69, 9.17) is 9.47 Å². The van der Waals surface area contributed by atoms with Crippen LogP contribution in [0, 0.1) is 6.92 Å². The van der Waals surface area contributed by atoms with Gasteiger partial charge in [0.1, 0.15) is 18.8 Å². The summed E-state index contributed by atoms with van der Waals surface area (Å²) in [6, 6.07) is 12.3. The fraction of sp³-hybridized carbons (Fsp3) is 0.407. The Morgan fingerprint density at radius 2 is 1.85 bits per heavy atom. The molecule has 0 spiro atoms. The molecule has 1 amide bonds. The first-order valence-electron chi connectivity index (χ1n) is 11.9. The van der Waals surface area contributed by atoms with Crippen LogP contribution in [0.3, 0.4) is 0 Å². The van der Waals surface area contributed by atoms with Gasteiger partial charge in [0.05, 0.1) is 39.5 Å². The second-order valence-electron chi connectivity index (χ2n) is 8.86. The van der Waals surface area contributed by atoms with E-state index in [1.54, 1.807) is 30.2 Å². The van der Waals surface area contributed by atoms with Gasteiger partial charge in [0, 0.05) is 5.57 Å². The third-order valence-corrected chi connectivity index (χ3v) is 6.82. The van der Waals surface area contributed by atoms with Gasteiger partial charge in [0.15, 0.2) is 0 Å². The van der Waals surface area contributed by atoms with Crippen molar-refractivity contribution < 1.29 is 29.1 Å². The molecule has 2 saturated heterocycles. The molecule has 2 heterocycles. The average molecular weight is 465 g/mol. The third kappa shape index (κ3) is 4.72. The zero-order valence-corrected chi connectivity index (χ0v) is 20.1. The lowest BCUT2D eigenvalue weighted by Gasteiger charge is -2.30. The minimum Gasteiger partial charge on any atom is -0.872 e. The number of morpholine rings is 1. The molecule has 2 aliphatic rings. The Kier molecular flexibility index (Phi) is 7.34. The summed E-state index contributed by atoms with van der Waals surface area (Å²) in [6.07, 6.45) is 0.882. The molecule has 2 aromatic rings. The second kappa shape index (κ2) is 10.4. The fourth-order valence-electron chi connectivity index (χ4n) is 4.73. The van der Waals surface area contributed by atoms with Crippen molar-refractivity contribution in [2.75, 3.05) is 46.5 Å². The lowest BCUT2D eigenvalue weighted by Crippen LogP contribution is -3.14. The average Bonchev–Trinajstić information content (AvgIpc) is 3.12. The first-order valence-corrected chi connectivity index (χ1v) is 11.9. The number of hydrogen-bond donors (Lipinski definition) is 1. The largest absolute Gasteiger partial charge is 0.872 e. The molecule has 0 aliphatic carbocycles. The minimum absolute atomic E-state index is 0.0273. The van der Waals surface area contributed by atoms with E-state index in [9.17, 15) is 14.7 Å². The van der Waals surface area contributed by atoms with Gasteiger partial charge >= 0.3 is 0 Å². The zero-order valence-electron chi connectivity index (χ0n) is 20.1. The number of Topliss-reactive ketones (excluding diaryl/α,β-unsaturated/α-hetero) is 1. The van der Waals surface area contributed by atoms with Crippen molar-refractivity contribution in [3.63, 3.8) is 0 Å². The maximum atomic E-state index is 13.7. The van der Waals surface area contributed by atoms with Crippen LogP contribution in [-0.4, -0.2) is 63.1 Å². The van der Waals surface area contributed by atoms with Crippen LogP contribution < -0.4 is 14.7 Å². The van der Waals surface area contributed by atoms with Gasteiger partial charge in [-0.05, 0) is 47.7 Å². The highest BCUT2D eigenvalue weighted by Crippen LogP contribution is 2.39. The van der Waals surface area contributed by atoms with Crippen molar-refractivity contribution in [2.24, 2.45) is 0 Å². The molecular weight excluding hydrogens is 432 g/mol. The highest BCUT2D eigenvalue weighted by Gasteiger charge is 2.44. The van der Waals surface area contributed by atoms with E-state index in [-0.39, 0.29) is 5.57 Å². The number of methoxy groups -OCH3 is 1. The first kappa shape index (κ1) is 24.0. The van der Waals surface area contributed by atoms with Crippen molar-refractivity contribution in [2.45, 2.75) is 26.3 Å². The number of amides is 1. The molecule has 4 rings (SSSR count). The summed E-state index contributed by atoms with van der Waals surface area (Å²) in [5.74, 6) is -1.08. The van der Waals surface area contributed by atoms with E-state index >= 15 is 0 Å². The van der Waals surface area contributed by atoms with E-state index in [1.807, 2.05) is 31.2 Å². The van der Waals surface area contributed by atoms with Gasteiger partial charge in [0.25, 0.3) is 5.91 Å². The molecule has 34 heavy (non-hydrogen) atoms. The summed E-state index contributed by atoms with van der Waals surface area (Å²) in [6.45, 7) is 8.10. The van der Waals surface area contributed by atoms with Crippen LogP contribution in [0.5, 0.6) is 5.75 Å². The number of nitrogens with one attached hydrogen (secondary N) is 1. The molecule has 1 N–H and O–H groups in total. The van der Waals surface area contributed by atoms with Crippen molar-refractivity contribution in [1.82, 2.24) is 4.90 Å². The lowest BCUT2D eigenvalue weighted by atomic mass is 9.93. The highest BCUT2D eigenvalue weighted by atomic mass is 16.5. The van der Waals surface area contributed by atoms with E-state index in [2.05, 4.69) is 6.92 Å². The molecule has 180 valence electrons. The van der Waals surface area contributed by atoms with E-state index in [0.29, 0.717) is 43.2 Å². The summed E-state index contributed by atoms with van der Waals surface area (Å²) in [4.78, 5) is 29.3. The van der Waals surface area contributed by atoms with Crippen LogP contribution in [0.2, 0.25) is 0 Å². The topological polar surface area (TPSA) is 83.3 Å². The smallest absolute Gasteiger partial charge is 0.295 e. The number of rotatable bonds is 7. The number of aryl methyl sites for hydroxylation is 2. The number of nitrogens with zero attached hydrogens (tertiary/aromatic N) is 1. The van der Waals surface area contributed by atoms with Crippen molar-refractivity contribution in [3.05, 3.63) is 70.3 Å². The first-order chi connectivity index (χ1) is 16.4. The standard InChI is InChI=1S/C27H32N2O5/c1-4-19-5-7-20(8-6-19)24-23(25(30)22-10-9-21(33-3)17-18(22)2)26(31)27(32)29(24)12-11-28-13-15-34-16-14-28/h5-10,17,24,30H,4,11-16H2,1-3H3. The summed E-state index contributed by atoms with van der Waals surface area (Å²) in [5.41, 5.74) is 3.08. The quantitative estimate of drug-likeness (QED) is 0.371. The monoisotopic (exact) mass is 464 g/mol. The fourth-order valence-corrected chi connectivity index (χ4v) is 4.73. The minimum atomic E-state index is -0.707. The van der Waals surface area contributed by atoms with Gasteiger partial charge in [-0.2, -0.15) is 0 Å². The number of carbonyl (C=O) groups is 2. The summed E-state index contributed by atoms with van der Waals surface area (Å²) in [5, 5.41) is 13.7. The zero-order chi connectivity index (χ0) is 24.2. The number of benzene rings is 2. The third-order valence-electron chi connectivity index (χ3n) is 6.82. The van der Waals surface area contributed by atoms with E-state index in [1.165, 1.54) is 4.90 Å². The second-order valence-corrected chi connectivity index (χ2v) is 8.86. The molecule has 0 aromatic heterocycles. The Balaban J connectivity index is 1.75. The molecule has 1 atom stereocenters. The molecular formula is C27H32N2O5. The normalized spacial score (nSPS) is 20.7. The van der Waals surface area contributed by atoms with Gasteiger partial charge < -0.3 is 24.4 Å². The van der Waals surface area contributed by atoms with E-state index in [0.717, 1.165) is 30.6 Å². The number of carbonyl (C=O) groups excluding carboxylic acids is 2. The summed E-state index contributed by atoms with van der Waals surface area (Å²) >= 11 is 0. The molecule has 2 aliphatic heterocycles. The molecule has 0 bridgehead atoms. The van der Waals surface area contributed by atoms with Crippen molar-refractivity contribution in [3.8, 4) is 5.75 Å². The van der Waals surface area contributed by atoms with Gasteiger partial charge in [-0.15, -0.1) is 0 Å². The number of ketones is 1. The SMILES string of the molecule is CCc1ccc(C2C(=C([O-])c3ccc(OC)cc3C)C(=O)C(=O)N2CC[NH+]2CCOCC2)cc1. The molecule has 1 unspecified atom stereocenters. The molecule has 0 radical (unpaired) electrons. The van der Waals surface area contributed by atoms with Gasteiger partial charge in [0.2, 0.25) is 5.78 Å². The van der Waals surface area contributed by atoms with Crippen molar-refractivity contribution in [1.29, 1.82) is 0 Å². The van der Waals surface area contributed by atoms with Crippen LogP contribution in [0.15, 0.2) is 48.0 Å². The highest BCUT2D eigenvalue weighted by molar-refractivity contribution is 6.46. The molecule has 0 saturated carbocycles. The van der Waals surface area contributed by atoms with Crippen LogP contribution in [0.4, 0.5) is 0 Å². The van der Waals surface area contributed by atoms with Gasteiger partial charge in [-0.25, -0.2) is 0 Å². The predicted octanol–water partition coefficient (Wildman–Crippen LogP) is 0.705. The lowest BCUT2D eigenvalue weighted by molar-refractivity contribution is -0.907. The van der Waals surface area contributed by atoms with E-state index < -0.39 is 23.5 Å². The number of likely N-dealkylation sites (tertiary alicyclic amines) is 1. The molecule has 7 heteroatoms. The summed E-state index contributed by atoms with van der Waals surface area (Å²) in [7, 11) is 1.56. The maximum absolute atomic E-state index is 13.7. The van der Waals surface area contributed by atoms with Gasteiger partial charge in [-0.1, -0.05) is 43.0 Å². The maximum Gasteiger partial charge on any atom is 0.295 e. The van der Waals surface area contributed by atoms with Crippen LogP contribution in [0.25, 0.3) is 5.76 Å². The molecule has 2 aromatic carbocycles. The summed E-state index contributed by atoms with van der Waals surface area (Å²) < 4.78 is 10.7. The van der Waals surface area contributed by atoms with Gasteiger partial charge in [-0.3, -0.25) is 9.59 Å². The van der Waals surface area contributed by atoms with Crippen LogP contribution >= 0.6 is 0 Å². The molecule has 7 nitrogen and oxygen atoms in total. The number of ether oxygens (including phenoxy) is 2. The van der Waals surface area contributed by atoms with Crippen LogP contribution in [-0.2, 0) is 20.7 Å². The Hall–Kier alpha value is -3.16. The molecule has 2 fully saturated rings. The Bertz CT molecular complexity index is 1090. The Morgan fingerprint density at radius 3 is 2.47 bits per heavy atom. The van der Waals surface area contributed by atoms with Crippen molar-refractivity contribution >= 4 is 17.4 Å². The number of quaternary nitrogens is 1. The Labute approximate surface area is 200 Å².